The molecule has 1 heterocycles. The van der Waals surface area contributed by atoms with Crippen molar-refractivity contribution in [1.29, 1.82) is 0 Å². The van der Waals surface area contributed by atoms with E-state index in [1.54, 1.807) is 0 Å². The van der Waals surface area contributed by atoms with E-state index in [0.717, 1.165) is 36.1 Å². The molecule has 0 aliphatic carbocycles. The molecule has 19 heavy (non-hydrogen) atoms. The van der Waals surface area contributed by atoms with E-state index in [4.69, 9.17) is 15.2 Å². The fraction of sp³-hybridized carbons (Fsp3) is 0.583. The van der Waals surface area contributed by atoms with Gasteiger partial charge in [0.2, 0.25) is 0 Å². The molecule has 0 unspecified atom stereocenters. The van der Waals surface area contributed by atoms with Gasteiger partial charge in [0.25, 0.3) is 0 Å². The highest BCUT2D eigenvalue weighted by Gasteiger charge is 2.20. The van der Waals surface area contributed by atoms with Crippen molar-refractivity contribution in [3.05, 3.63) is 4.88 Å². The van der Waals surface area contributed by atoms with Gasteiger partial charge in [-0.2, -0.15) is 0 Å². The van der Waals surface area contributed by atoms with Gasteiger partial charge in [0, 0.05) is 19.8 Å². The summed E-state index contributed by atoms with van der Waals surface area (Å²) in [7, 11) is 1.36. The Labute approximate surface area is 121 Å². The number of esters is 1. The summed E-state index contributed by atoms with van der Waals surface area (Å²) in [5.41, 5.74) is 6.46. The molecule has 0 spiro atoms. The molecular formula is C12H20N2O3S2. The lowest BCUT2D eigenvalue weighted by molar-refractivity contribution is 0.0607. The Kier molecular flexibility index (Phi) is 7.04. The van der Waals surface area contributed by atoms with Gasteiger partial charge in [0.05, 0.1) is 17.7 Å². The predicted octanol–water partition coefficient (Wildman–Crippen LogP) is 2.68. The van der Waals surface area contributed by atoms with E-state index in [9.17, 15) is 4.79 Å². The summed E-state index contributed by atoms with van der Waals surface area (Å²) in [4.78, 5) is 12.9. The summed E-state index contributed by atoms with van der Waals surface area (Å²) >= 11 is 2.86. The largest absolute Gasteiger partial charge is 0.465 e. The lowest BCUT2D eigenvalue weighted by Gasteiger charge is -2.06. The van der Waals surface area contributed by atoms with Crippen LogP contribution in [-0.2, 0) is 9.47 Å². The zero-order valence-corrected chi connectivity index (χ0v) is 13.1. The van der Waals surface area contributed by atoms with E-state index in [0.29, 0.717) is 10.6 Å². The number of thiophene rings is 1. The van der Waals surface area contributed by atoms with Crippen LogP contribution in [0.4, 0.5) is 10.7 Å². The molecule has 5 nitrogen and oxygen atoms in total. The Bertz CT molecular complexity index is 421. The van der Waals surface area contributed by atoms with E-state index in [1.165, 1.54) is 30.2 Å². The van der Waals surface area contributed by atoms with Gasteiger partial charge < -0.3 is 20.5 Å². The minimum atomic E-state index is -0.389. The zero-order chi connectivity index (χ0) is 14.3. The number of thioether (sulfide) groups is 1. The van der Waals surface area contributed by atoms with Gasteiger partial charge in [-0.1, -0.05) is 0 Å². The standard InChI is InChI=1S/C12H20N2O3S2/c1-4-17-7-5-6-14-11-9(18-3)8(13)10(19-11)12(15)16-2/h14H,4-7,13H2,1-3H3. The fourth-order valence-corrected chi connectivity index (χ4v) is 3.49. The summed E-state index contributed by atoms with van der Waals surface area (Å²) < 4.78 is 9.99. The minimum absolute atomic E-state index is 0.389. The van der Waals surface area contributed by atoms with Crippen LogP contribution in [0.5, 0.6) is 0 Å². The molecule has 0 atom stereocenters. The second-order valence-corrected chi connectivity index (χ2v) is 5.51. The second kappa shape index (κ2) is 8.29. The van der Waals surface area contributed by atoms with Crippen molar-refractivity contribution in [2.24, 2.45) is 0 Å². The Morgan fingerprint density at radius 3 is 2.84 bits per heavy atom. The highest BCUT2D eigenvalue weighted by Crippen LogP contribution is 2.41. The summed E-state index contributed by atoms with van der Waals surface area (Å²) in [6.07, 6.45) is 2.85. The molecule has 0 aliphatic heterocycles. The molecule has 0 saturated carbocycles. The minimum Gasteiger partial charge on any atom is -0.465 e. The summed E-state index contributed by atoms with van der Waals surface area (Å²) in [6.45, 7) is 4.22. The quantitative estimate of drug-likeness (QED) is 0.437. The molecule has 7 heteroatoms. The first kappa shape index (κ1) is 16.1. The molecule has 0 aliphatic rings. The molecule has 1 aromatic rings. The molecule has 0 amide bonds. The average Bonchev–Trinajstić information content (AvgIpc) is 2.74. The Morgan fingerprint density at radius 2 is 2.26 bits per heavy atom. The van der Waals surface area contributed by atoms with Gasteiger partial charge in [-0.15, -0.1) is 23.1 Å². The number of carbonyl (C=O) groups is 1. The van der Waals surface area contributed by atoms with Crippen LogP contribution in [0.3, 0.4) is 0 Å². The van der Waals surface area contributed by atoms with Gasteiger partial charge in [-0.25, -0.2) is 4.79 Å². The third-order valence-electron chi connectivity index (χ3n) is 2.43. The highest BCUT2D eigenvalue weighted by atomic mass is 32.2. The topological polar surface area (TPSA) is 73.6 Å². The molecular weight excluding hydrogens is 284 g/mol. The molecule has 1 aromatic heterocycles. The van der Waals surface area contributed by atoms with Crippen LogP contribution in [0.25, 0.3) is 0 Å². The molecule has 0 saturated heterocycles. The average molecular weight is 304 g/mol. The number of hydrogen-bond donors (Lipinski definition) is 2. The zero-order valence-electron chi connectivity index (χ0n) is 11.4. The van der Waals surface area contributed by atoms with Crippen molar-refractivity contribution >= 4 is 39.8 Å². The number of ether oxygens (including phenoxy) is 2. The van der Waals surface area contributed by atoms with Crippen LogP contribution >= 0.6 is 23.1 Å². The van der Waals surface area contributed by atoms with Crippen molar-refractivity contribution < 1.29 is 14.3 Å². The number of anilines is 2. The Balaban J connectivity index is 2.69. The number of hydrogen-bond acceptors (Lipinski definition) is 7. The first-order chi connectivity index (χ1) is 9.15. The number of nitrogen functional groups attached to an aromatic ring is 1. The molecule has 108 valence electrons. The smallest absolute Gasteiger partial charge is 0.350 e. The van der Waals surface area contributed by atoms with Crippen LogP contribution < -0.4 is 11.1 Å². The first-order valence-electron chi connectivity index (χ1n) is 6.01. The van der Waals surface area contributed by atoms with Crippen LogP contribution in [0, 0.1) is 0 Å². The summed E-state index contributed by atoms with van der Waals surface area (Å²) in [6, 6.07) is 0. The molecule has 0 radical (unpaired) electrons. The monoisotopic (exact) mass is 304 g/mol. The number of carbonyl (C=O) groups excluding carboxylic acids is 1. The highest BCUT2D eigenvalue weighted by molar-refractivity contribution is 7.99. The van der Waals surface area contributed by atoms with Crippen LogP contribution in [-0.4, -0.2) is 39.1 Å². The summed E-state index contributed by atoms with van der Waals surface area (Å²) in [5.74, 6) is -0.389. The van der Waals surface area contributed by atoms with Crippen molar-refractivity contribution in [3.63, 3.8) is 0 Å². The van der Waals surface area contributed by atoms with Gasteiger partial charge in [0.1, 0.15) is 9.88 Å². The first-order valence-corrected chi connectivity index (χ1v) is 8.06. The van der Waals surface area contributed by atoms with E-state index in [1.807, 2.05) is 13.2 Å². The predicted molar refractivity (Wildman–Crippen MR) is 81.5 cm³/mol. The fourth-order valence-electron chi connectivity index (χ4n) is 1.51. The maximum absolute atomic E-state index is 11.6. The normalized spacial score (nSPS) is 10.5. The number of nitrogens with one attached hydrogen (secondary N) is 1. The Hall–Kier alpha value is -0.920. The van der Waals surface area contributed by atoms with Crippen molar-refractivity contribution in [2.45, 2.75) is 18.2 Å². The summed E-state index contributed by atoms with van der Waals surface area (Å²) in [5, 5.41) is 4.21. The van der Waals surface area contributed by atoms with Gasteiger partial charge >= 0.3 is 5.97 Å². The van der Waals surface area contributed by atoms with Crippen LogP contribution in [0.1, 0.15) is 23.0 Å². The molecule has 0 fully saturated rings. The van der Waals surface area contributed by atoms with E-state index >= 15 is 0 Å². The molecule has 1 rings (SSSR count). The van der Waals surface area contributed by atoms with E-state index < -0.39 is 0 Å². The van der Waals surface area contributed by atoms with Crippen LogP contribution in [0.2, 0.25) is 0 Å². The van der Waals surface area contributed by atoms with Gasteiger partial charge in [0.15, 0.2) is 0 Å². The maximum atomic E-state index is 11.6. The van der Waals surface area contributed by atoms with Crippen LogP contribution in [0.15, 0.2) is 4.90 Å². The van der Waals surface area contributed by atoms with Crippen molar-refractivity contribution in [3.8, 4) is 0 Å². The van der Waals surface area contributed by atoms with Gasteiger partial charge in [-0.3, -0.25) is 0 Å². The van der Waals surface area contributed by atoms with Crippen molar-refractivity contribution in [1.82, 2.24) is 0 Å². The lowest BCUT2D eigenvalue weighted by Crippen LogP contribution is -2.05. The van der Waals surface area contributed by atoms with E-state index in [2.05, 4.69) is 5.32 Å². The second-order valence-electron chi connectivity index (χ2n) is 3.68. The number of rotatable bonds is 8. The maximum Gasteiger partial charge on any atom is 0.350 e. The lowest BCUT2D eigenvalue weighted by atomic mass is 10.4. The van der Waals surface area contributed by atoms with E-state index in [-0.39, 0.29) is 5.97 Å². The van der Waals surface area contributed by atoms with Gasteiger partial charge in [-0.05, 0) is 19.6 Å². The number of nitrogens with two attached hydrogens (primary N) is 1. The SMILES string of the molecule is CCOCCCNc1sc(C(=O)OC)c(N)c1SC. The third kappa shape index (κ3) is 4.29. The van der Waals surface area contributed by atoms with Crippen molar-refractivity contribution in [2.75, 3.05) is 44.2 Å². The molecule has 3 N–H and O–H groups in total. The molecule has 0 aromatic carbocycles. The Morgan fingerprint density at radius 1 is 1.53 bits per heavy atom. The third-order valence-corrected chi connectivity index (χ3v) is 4.53. The molecule has 0 bridgehead atoms. The number of methoxy groups -OCH3 is 1.